The smallest absolute Gasteiger partial charge is 0.255 e. The number of hydrogen-bond acceptors (Lipinski definition) is 4. The molecule has 1 aromatic heterocycles. The Hall–Kier alpha value is -2.11. The molecule has 132 valence electrons. The number of anilines is 1. The van der Waals surface area contributed by atoms with E-state index in [0.717, 1.165) is 18.7 Å². The normalized spacial score (nSPS) is 17.7. The Morgan fingerprint density at radius 2 is 2.12 bits per heavy atom. The van der Waals surface area contributed by atoms with E-state index in [1.165, 1.54) is 0 Å². The molecule has 6 heteroatoms. The molecule has 1 saturated heterocycles. The van der Waals surface area contributed by atoms with E-state index in [4.69, 9.17) is 0 Å². The molecular weight excluding hydrogens is 304 g/mol. The van der Waals surface area contributed by atoms with Gasteiger partial charge in [-0.25, -0.2) is 4.98 Å². The number of nitrogens with zero attached hydrogens (tertiary/aromatic N) is 3. The van der Waals surface area contributed by atoms with Crippen molar-refractivity contribution in [3.63, 3.8) is 0 Å². The molecule has 0 bridgehead atoms. The van der Waals surface area contributed by atoms with Crippen LogP contribution in [0.1, 0.15) is 50.9 Å². The number of carbonyl (C=O) groups excluding carboxylic acids is 2. The summed E-state index contributed by atoms with van der Waals surface area (Å²) in [5.41, 5.74) is 0.554. The van der Waals surface area contributed by atoms with Crippen molar-refractivity contribution < 1.29 is 9.59 Å². The van der Waals surface area contributed by atoms with E-state index < -0.39 is 0 Å². The van der Waals surface area contributed by atoms with E-state index in [0.29, 0.717) is 18.7 Å². The van der Waals surface area contributed by atoms with Gasteiger partial charge in [0, 0.05) is 38.8 Å². The molecule has 6 nitrogen and oxygen atoms in total. The van der Waals surface area contributed by atoms with E-state index in [1.807, 2.05) is 12.1 Å². The first-order valence-corrected chi connectivity index (χ1v) is 8.50. The summed E-state index contributed by atoms with van der Waals surface area (Å²) in [5, 5.41) is 3.36. The number of nitrogens with one attached hydrogen (secondary N) is 1. The van der Waals surface area contributed by atoms with Crippen LogP contribution in [0.25, 0.3) is 0 Å². The molecule has 0 unspecified atom stereocenters. The Morgan fingerprint density at radius 3 is 2.67 bits per heavy atom. The van der Waals surface area contributed by atoms with Gasteiger partial charge in [0.05, 0.1) is 11.6 Å². The van der Waals surface area contributed by atoms with Crippen LogP contribution in [0.2, 0.25) is 0 Å². The third-order valence-corrected chi connectivity index (χ3v) is 4.86. The highest BCUT2D eigenvalue weighted by molar-refractivity contribution is 5.94. The summed E-state index contributed by atoms with van der Waals surface area (Å²) in [6.07, 6.45) is 3.42. The molecule has 2 amide bonds. The van der Waals surface area contributed by atoms with Gasteiger partial charge >= 0.3 is 0 Å². The van der Waals surface area contributed by atoms with Crippen LogP contribution in [0.15, 0.2) is 18.3 Å². The standard InChI is InChI=1S/C18H28N4O2/c1-6-18(3,4)20-16-8-7-14(11-19-16)17(24)22-10-9-15(12-22)21(5)13(2)23/h7-8,11,15H,6,9-10,12H2,1-5H3,(H,19,20)/t15-/m0/s1. The number of aromatic nitrogens is 1. The van der Waals surface area contributed by atoms with E-state index in [2.05, 4.69) is 31.1 Å². The van der Waals surface area contributed by atoms with Gasteiger partial charge in [-0.15, -0.1) is 0 Å². The van der Waals surface area contributed by atoms with Crippen LogP contribution in [0, 0.1) is 0 Å². The van der Waals surface area contributed by atoms with Gasteiger partial charge in [0.1, 0.15) is 5.82 Å². The number of hydrogen-bond donors (Lipinski definition) is 1. The lowest BCUT2D eigenvalue weighted by Gasteiger charge is -2.25. The maximum absolute atomic E-state index is 12.6. The number of likely N-dealkylation sites (tertiary alicyclic amines) is 1. The third kappa shape index (κ3) is 4.24. The average molecular weight is 332 g/mol. The Balaban J connectivity index is 2.00. The number of rotatable bonds is 5. The lowest BCUT2D eigenvalue weighted by molar-refractivity contribution is -0.129. The van der Waals surface area contributed by atoms with Crippen LogP contribution in [-0.2, 0) is 4.79 Å². The Labute approximate surface area is 144 Å². The van der Waals surface area contributed by atoms with Crippen LogP contribution in [0.5, 0.6) is 0 Å². The van der Waals surface area contributed by atoms with Crippen molar-refractivity contribution in [1.82, 2.24) is 14.8 Å². The zero-order valence-electron chi connectivity index (χ0n) is 15.3. The van der Waals surface area contributed by atoms with E-state index in [-0.39, 0.29) is 23.4 Å². The molecule has 0 saturated carbocycles. The molecule has 2 heterocycles. The first-order chi connectivity index (χ1) is 11.2. The zero-order valence-corrected chi connectivity index (χ0v) is 15.3. The van der Waals surface area contributed by atoms with Crippen LogP contribution in [0.4, 0.5) is 5.82 Å². The fourth-order valence-corrected chi connectivity index (χ4v) is 2.71. The van der Waals surface area contributed by atoms with Gasteiger partial charge < -0.3 is 15.1 Å². The molecule has 0 aromatic carbocycles. The van der Waals surface area contributed by atoms with Gasteiger partial charge in [-0.3, -0.25) is 9.59 Å². The molecule has 1 fully saturated rings. The van der Waals surface area contributed by atoms with Gasteiger partial charge in [-0.05, 0) is 38.8 Å². The lowest BCUT2D eigenvalue weighted by atomic mass is 10.0. The van der Waals surface area contributed by atoms with Crippen LogP contribution in [-0.4, -0.2) is 58.3 Å². The second-order valence-electron chi connectivity index (χ2n) is 7.12. The quantitative estimate of drug-likeness (QED) is 0.899. The van der Waals surface area contributed by atoms with Gasteiger partial charge in [0.2, 0.25) is 5.91 Å². The van der Waals surface area contributed by atoms with Crippen LogP contribution < -0.4 is 5.32 Å². The van der Waals surface area contributed by atoms with Crippen molar-refractivity contribution in [1.29, 1.82) is 0 Å². The zero-order chi connectivity index (χ0) is 17.9. The van der Waals surface area contributed by atoms with Crippen molar-refractivity contribution >= 4 is 17.6 Å². The minimum Gasteiger partial charge on any atom is -0.365 e. The molecular formula is C18H28N4O2. The minimum absolute atomic E-state index is 0.0248. The van der Waals surface area contributed by atoms with Gasteiger partial charge in [0.25, 0.3) is 5.91 Å². The summed E-state index contributed by atoms with van der Waals surface area (Å²) < 4.78 is 0. The molecule has 1 atom stereocenters. The molecule has 1 aromatic rings. The van der Waals surface area contributed by atoms with Crippen molar-refractivity contribution in [3.05, 3.63) is 23.9 Å². The van der Waals surface area contributed by atoms with Gasteiger partial charge in [-0.2, -0.15) is 0 Å². The molecule has 0 spiro atoms. The SMILES string of the molecule is CCC(C)(C)Nc1ccc(C(=O)N2CC[C@H](N(C)C(C)=O)C2)cn1. The fraction of sp³-hybridized carbons (Fsp3) is 0.611. The predicted molar refractivity (Wildman–Crippen MR) is 95.0 cm³/mol. The highest BCUT2D eigenvalue weighted by atomic mass is 16.2. The monoisotopic (exact) mass is 332 g/mol. The molecule has 0 radical (unpaired) electrons. The summed E-state index contributed by atoms with van der Waals surface area (Å²) in [4.78, 5) is 31.9. The molecule has 0 aliphatic carbocycles. The van der Waals surface area contributed by atoms with E-state index in [1.54, 1.807) is 30.0 Å². The topological polar surface area (TPSA) is 65.5 Å². The third-order valence-electron chi connectivity index (χ3n) is 4.86. The molecule has 24 heavy (non-hydrogen) atoms. The van der Waals surface area contributed by atoms with Crippen LogP contribution in [0.3, 0.4) is 0 Å². The van der Waals surface area contributed by atoms with Gasteiger partial charge in [0.15, 0.2) is 0 Å². The van der Waals surface area contributed by atoms with E-state index >= 15 is 0 Å². The maximum atomic E-state index is 12.6. The second kappa shape index (κ2) is 7.20. The maximum Gasteiger partial charge on any atom is 0.255 e. The predicted octanol–water partition coefficient (Wildman–Crippen LogP) is 2.37. The summed E-state index contributed by atoms with van der Waals surface area (Å²) in [7, 11) is 1.79. The number of pyridine rings is 1. The molecule has 2 rings (SSSR count). The average Bonchev–Trinajstić information content (AvgIpc) is 3.03. The molecule has 1 aliphatic heterocycles. The first kappa shape index (κ1) is 18.2. The summed E-state index contributed by atoms with van der Waals surface area (Å²) in [6, 6.07) is 3.76. The van der Waals surface area contributed by atoms with Gasteiger partial charge in [-0.1, -0.05) is 6.92 Å². The van der Waals surface area contributed by atoms with Crippen molar-refractivity contribution in [2.45, 2.75) is 52.1 Å². The molecule has 1 aliphatic rings. The number of amides is 2. The number of likely N-dealkylation sites (N-methyl/N-ethyl adjacent to an activating group) is 1. The van der Waals surface area contributed by atoms with E-state index in [9.17, 15) is 9.59 Å². The molecule has 1 N–H and O–H groups in total. The summed E-state index contributed by atoms with van der Waals surface area (Å²) in [5.74, 6) is 0.780. The largest absolute Gasteiger partial charge is 0.365 e. The minimum atomic E-state index is -0.0298. The highest BCUT2D eigenvalue weighted by Gasteiger charge is 2.30. The first-order valence-electron chi connectivity index (χ1n) is 8.50. The van der Waals surface area contributed by atoms with Crippen molar-refractivity contribution in [3.8, 4) is 0 Å². The number of carbonyl (C=O) groups is 2. The Morgan fingerprint density at radius 1 is 1.42 bits per heavy atom. The van der Waals surface area contributed by atoms with Crippen molar-refractivity contribution in [2.75, 3.05) is 25.5 Å². The van der Waals surface area contributed by atoms with Crippen LogP contribution >= 0.6 is 0 Å². The fourth-order valence-electron chi connectivity index (χ4n) is 2.71. The second-order valence-corrected chi connectivity index (χ2v) is 7.12. The van der Waals surface area contributed by atoms with Crippen molar-refractivity contribution in [2.24, 2.45) is 0 Å². The lowest BCUT2D eigenvalue weighted by Crippen LogP contribution is -2.39. The summed E-state index contributed by atoms with van der Waals surface area (Å²) in [6.45, 7) is 9.15. The summed E-state index contributed by atoms with van der Waals surface area (Å²) >= 11 is 0. The highest BCUT2D eigenvalue weighted by Crippen LogP contribution is 2.19. The Bertz CT molecular complexity index is 598. The Kier molecular flexibility index (Phi) is 5.47.